The molecule has 0 unspecified atom stereocenters. The van der Waals surface area contributed by atoms with Gasteiger partial charge in [0, 0.05) is 20.1 Å². The van der Waals surface area contributed by atoms with Crippen LogP contribution >= 0.6 is 0 Å². The molecular weight excluding hydrogens is 226 g/mol. The van der Waals surface area contributed by atoms with Gasteiger partial charge in [-0.05, 0) is 38.5 Å². The molecule has 0 heterocycles. The van der Waals surface area contributed by atoms with Gasteiger partial charge in [0.05, 0.1) is 17.9 Å². The van der Waals surface area contributed by atoms with Crippen molar-refractivity contribution in [3.05, 3.63) is 23.8 Å². The van der Waals surface area contributed by atoms with Gasteiger partial charge in [0.15, 0.2) is 0 Å². The van der Waals surface area contributed by atoms with Crippen molar-refractivity contribution in [3.8, 4) is 0 Å². The summed E-state index contributed by atoms with van der Waals surface area (Å²) in [5.41, 5.74) is 8.70. The van der Waals surface area contributed by atoms with Crippen molar-refractivity contribution in [3.63, 3.8) is 0 Å². The van der Waals surface area contributed by atoms with Gasteiger partial charge in [0.2, 0.25) is 5.91 Å². The Morgan fingerprint density at radius 1 is 1.28 bits per heavy atom. The van der Waals surface area contributed by atoms with Gasteiger partial charge < -0.3 is 15.5 Å². The fourth-order valence-electron chi connectivity index (χ4n) is 1.95. The van der Waals surface area contributed by atoms with Crippen molar-refractivity contribution in [1.82, 2.24) is 4.90 Å². The Labute approximate surface area is 109 Å². The Balaban J connectivity index is 2.79. The van der Waals surface area contributed by atoms with Crippen LogP contribution in [-0.4, -0.2) is 37.5 Å². The van der Waals surface area contributed by atoms with Crippen molar-refractivity contribution in [2.45, 2.75) is 20.8 Å². The lowest BCUT2D eigenvalue weighted by Gasteiger charge is -2.25. The predicted molar refractivity (Wildman–Crippen MR) is 76.8 cm³/mol. The van der Waals surface area contributed by atoms with E-state index >= 15 is 0 Å². The van der Waals surface area contributed by atoms with Crippen LogP contribution in [0.1, 0.15) is 19.4 Å². The zero-order chi connectivity index (χ0) is 13.7. The summed E-state index contributed by atoms with van der Waals surface area (Å²) in [6, 6.07) is 5.85. The molecule has 0 bridgehead atoms. The lowest BCUT2D eigenvalue weighted by atomic mass is 10.2. The average Bonchev–Trinajstić information content (AvgIpc) is 2.33. The molecule has 0 aromatic heterocycles. The van der Waals surface area contributed by atoms with E-state index in [-0.39, 0.29) is 5.91 Å². The number of aryl methyl sites for hydroxylation is 1. The van der Waals surface area contributed by atoms with Crippen LogP contribution in [0.15, 0.2) is 18.2 Å². The van der Waals surface area contributed by atoms with Gasteiger partial charge >= 0.3 is 0 Å². The van der Waals surface area contributed by atoms with E-state index in [1.54, 1.807) is 0 Å². The highest BCUT2D eigenvalue weighted by Gasteiger charge is 2.14. The summed E-state index contributed by atoms with van der Waals surface area (Å²) in [5, 5.41) is 0. The molecular formula is C14H23N3O. The molecule has 2 N–H and O–H groups in total. The largest absolute Gasteiger partial charge is 0.397 e. The highest BCUT2D eigenvalue weighted by atomic mass is 16.2. The van der Waals surface area contributed by atoms with E-state index in [0.29, 0.717) is 12.2 Å². The summed E-state index contributed by atoms with van der Waals surface area (Å²) in [6.07, 6.45) is 0. The second kappa shape index (κ2) is 6.28. The molecule has 0 aliphatic rings. The number of anilines is 2. The van der Waals surface area contributed by atoms with E-state index in [0.717, 1.165) is 24.3 Å². The van der Waals surface area contributed by atoms with Crippen LogP contribution in [0, 0.1) is 6.92 Å². The molecule has 0 fully saturated rings. The lowest BCUT2D eigenvalue weighted by molar-refractivity contribution is -0.129. The summed E-state index contributed by atoms with van der Waals surface area (Å²) < 4.78 is 0. The number of hydrogen-bond donors (Lipinski definition) is 1. The van der Waals surface area contributed by atoms with Gasteiger partial charge in [0.25, 0.3) is 0 Å². The number of carbonyl (C=O) groups is 1. The molecule has 18 heavy (non-hydrogen) atoms. The molecule has 0 radical (unpaired) electrons. The van der Waals surface area contributed by atoms with Crippen molar-refractivity contribution in [1.29, 1.82) is 0 Å². The minimum absolute atomic E-state index is 0.128. The fraction of sp³-hybridized carbons (Fsp3) is 0.500. The predicted octanol–water partition coefficient (Wildman–Crippen LogP) is 1.88. The standard InChI is InChI=1S/C14H23N3O/c1-5-17(6-2)14(18)10-16(4)13-9-11(3)7-8-12(13)15/h7-9H,5-6,10,15H2,1-4H3. The van der Waals surface area contributed by atoms with Crippen molar-refractivity contribution < 1.29 is 4.79 Å². The molecule has 1 aromatic carbocycles. The summed E-state index contributed by atoms with van der Waals surface area (Å²) >= 11 is 0. The third-order valence-electron chi connectivity index (χ3n) is 3.09. The molecule has 0 saturated heterocycles. The quantitative estimate of drug-likeness (QED) is 0.811. The monoisotopic (exact) mass is 249 g/mol. The molecule has 1 amide bonds. The molecule has 1 aromatic rings. The summed E-state index contributed by atoms with van der Waals surface area (Å²) in [7, 11) is 1.90. The first-order valence-corrected chi connectivity index (χ1v) is 6.34. The number of nitrogens with zero attached hydrogens (tertiary/aromatic N) is 2. The summed E-state index contributed by atoms with van der Waals surface area (Å²) in [5.74, 6) is 0.128. The molecule has 0 spiro atoms. The second-order valence-electron chi connectivity index (χ2n) is 4.48. The molecule has 100 valence electrons. The van der Waals surface area contributed by atoms with E-state index < -0.39 is 0 Å². The third kappa shape index (κ3) is 3.39. The number of nitrogen functional groups attached to an aromatic ring is 1. The Bertz CT molecular complexity index is 414. The normalized spacial score (nSPS) is 10.2. The Kier molecular flexibility index (Phi) is 5.01. The molecule has 0 aliphatic heterocycles. The van der Waals surface area contributed by atoms with Crippen LogP contribution in [0.5, 0.6) is 0 Å². The maximum Gasteiger partial charge on any atom is 0.242 e. The Hall–Kier alpha value is -1.71. The van der Waals surface area contributed by atoms with Crippen LogP contribution in [0.2, 0.25) is 0 Å². The summed E-state index contributed by atoms with van der Waals surface area (Å²) in [6.45, 7) is 7.84. The van der Waals surface area contributed by atoms with Crippen LogP contribution in [0.3, 0.4) is 0 Å². The van der Waals surface area contributed by atoms with Gasteiger partial charge in [0.1, 0.15) is 0 Å². The number of amides is 1. The minimum Gasteiger partial charge on any atom is -0.397 e. The second-order valence-corrected chi connectivity index (χ2v) is 4.48. The van der Waals surface area contributed by atoms with E-state index in [2.05, 4.69) is 0 Å². The summed E-state index contributed by atoms with van der Waals surface area (Å²) in [4.78, 5) is 15.8. The zero-order valence-electron chi connectivity index (χ0n) is 11.7. The first-order valence-electron chi connectivity index (χ1n) is 6.34. The Morgan fingerprint density at radius 2 is 1.89 bits per heavy atom. The van der Waals surface area contributed by atoms with Crippen LogP contribution < -0.4 is 10.6 Å². The number of rotatable bonds is 5. The first-order chi connectivity index (χ1) is 8.49. The number of nitrogens with two attached hydrogens (primary N) is 1. The third-order valence-corrected chi connectivity index (χ3v) is 3.09. The van der Waals surface area contributed by atoms with Gasteiger partial charge in [-0.15, -0.1) is 0 Å². The maximum absolute atomic E-state index is 12.0. The minimum atomic E-state index is 0.128. The van der Waals surface area contributed by atoms with E-state index in [1.165, 1.54) is 0 Å². The smallest absolute Gasteiger partial charge is 0.242 e. The molecule has 4 nitrogen and oxygen atoms in total. The highest BCUT2D eigenvalue weighted by Crippen LogP contribution is 2.23. The topological polar surface area (TPSA) is 49.6 Å². The number of likely N-dealkylation sites (N-methyl/N-ethyl adjacent to an activating group) is 2. The van der Waals surface area contributed by atoms with Crippen LogP contribution in [0.25, 0.3) is 0 Å². The van der Waals surface area contributed by atoms with Crippen molar-refractivity contribution in [2.75, 3.05) is 37.3 Å². The number of hydrogen-bond acceptors (Lipinski definition) is 3. The molecule has 0 saturated carbocycles. The highest BCUT2D eigenvalue weighted by molar-refractivity contribution is 5.83. The van der Waals surface area contributed by atoms with E-state index in [1.807, 2.05) is 55.8 Å². The number of benzene rings is 1. The van der Waals surface area contributed by atoms with Crippen LogP contribution in [-0.2, 0) is 4.79 Å². The average molecular weight is 249 g/mol. The van der Waals surface area contributed by atoms with Crippen LogP contribution in [0.4, 0.5) is 11.4 Å². The lowest BCUT2D eigenvalue weighted by Crippen LogP contribution is -2.39. The van der Waals surface area contributed by atoms with E-state index in [9.17, 15) is 4.79 Å². The first kappa shape index (κ1) is 14.4. The Morgan fingerprint density at radius 3 is 2.44 bits per heavy atom. The molecule has 0 aliphatic carbocycles. The van der Waals surface area contributed by atoms with Gasteiger partial charge in [-0.2, -0.15) is 0 Å². The van der Waals surface area contributed by atoms with Crippen molar-refractivity contribution in [2.24, 2.45) is 0 Å². The molecule has 4 heteroatoms. The SMILES string of the molecule is CCN(CC)C(=O)CN(C)c1cc(C)ccc1N. The van der Waals surface area contributed by atoms with Crippen molar-refractivity contribution >= 4 is 17.3 Å². The number of carbonyl (C=O) groups excluding carboxylic acids is 1. The zero-order valence-corrected chi connectivity index (χ0v) is 11.7. The van der Waals surface area contributed by atoms with Gasteiger partial charge in [-0.3, -0.25) is 4.79 Å². The van der Waals surface area contributed by atoms with Gasteiger partial charge in [-0.1, -0.05) is 6.07 Å². The molecule has 0 atom stereocenters. The fourth-order valence-corrected chi connectivity index (χ4v) is 1.95. The molecule has 1 rings (SSSR count). The van der Waals surface area contributed by atoms with E-state index in [4.69, 9.17) is 5.73 Å². The van der Waals surface area contributed by atoms with Gasteiger partial charge in [-0.25, -0.2) is 0 Å². The maximum atomic E-state index is 12.0.